The van der Waals surface area contributed by atoms with Crippen LogP contribution in [0.5, 0.6) is 0 Å². The number of hydrogen-bond acceptors (Lipinski definition) is 6. The molecule has 1 fully saturated rings. The lowest BCUT2D eigenvalue weighted by molar-refractivity contribution is 0.0519. The summed E-state index contributed by atoms with van der Waals surface area (Å²) in [6, 6.07) is 1.01. The average Bonchev–Trinajstić information content (AvgIpc) is 2.75. The minimum atomic E-state index is -0.328. The van der Waals surface area contributed by atoms with Gasteiger partial charge in [-0.05, 0) is 40.7 Å². The summed E-state index contributed by atoms with van der Waals surface area (Å²) in [6.45, 7) is 7.43. The van der Waals surface area contributed by atoms with Gasteiger partial charge in [0.05, 0.1) is 6.61 Å². The van der Waals surface area contributed by atoms with Gasteiger partial charge in [-0.3, -0.25) is 0 Å². The molecule has 1 aliphatic rings. The summed E-state index contributed by atoms with van der Waals surface area (Å²) in [4.78, 5) is 19.4. The number of nitrogens with one attached hydrogen (secondary N) is 1. The first-order valence-corrected chi connectivity index (χ1v) is 7.94. The number of ether oxygens (including phenoxy) is 1. The number of anilines is 1. The molecule has 0 saturated carbocycles. The van der Waals surface area contributed by atoms with Crippen molar-refractivity contribution in [1.29, 1.82) is 0 Å². The van der Waals surface area contributed by atoms with Gasteiger partial charge in [-0.2, -0.15) is 0 Å². The quantitative estimate of drug-likeness (QED) is 0.866. The van der Waals surface area contributed by atoms with Crippen molar-refractivity contribution >= 4 is 22.4 Å². The Balaban J connectivity index is 2.00. The zero-order chi connectivity index (χ0) is 14.7. The number of likely N-dealkylation sites (tertiary alicyclic amines) is 1. The van der Waals surface area contributed by atoms with Crippen LogP contribution in [0.1, 0.15) is 42.1 Å². The first-order chi connectivity index (χ1) is 9.51. The number of thiazole rings is 1. The fourth-order valence-electron chi connectivity index (χ4n) is 2.44. The Hall–Kier alpha value is -1.14. The summed E-state index contributed by atoms with van der Waals surface area (Å²) in [7, 11) is 2.16. The maximum absolute atomic E-state index is 11.8. The molecule has 2 atom stereocenters. The van der Waals surface area contributed by atoms with Crippen LogP contribution in [0.4, 0.5) is 5.13 Å². The maximum atomic E-state index is 11.8. The molecule has 20 heavy (non-hydrogen) atoms. The Bertz CT molecular complexity index is 475. The van der Waals surface area contributed by atoms with Gasteiger partial charge < -0.3 is 15.0 Å². The Morgan fingerprint density at radius 1 is 1.60 bits per heavy atom. The fraction of sp³-hybridized carbons (Fsp3) is 0.714. The smallest absolute Gasteiger partial charge is 0.358 e. The van der Waals surface area contributed by atoms with Gasteiger partial charge in [-0.25, -0.2) is 9.78 Å². The van der Waals surface area contributed by atoms with Crippen LogP contribution in [0, 0.1) is 6.92 Å². The van der Waals surface area contributed by atoms with Crippen molar-refractivity contribution in [3.05, 3.63) is 10.6 Å². The van der Waals surface area contributed by atoms with E-state index in [2.05, 4.69) is 29.2 Å². The van der Waals surface area contributed by atoms with Gasteiger partial charge in [0.15, 0.2) is 10.8 Å². The molecule has 0 spiro atoms. The molecule has 2 unspecified atom stereocenters. The molecule has 6 heteroatoms. The molecule has 0 aliphatic carbocycles. The molecule has 112 valence electrons. The van der Waals surface area contributed by atoms with Crippen LogP contribution in [0.2, 0.25) is 0 Å². The number of rotatable bonds is 4. The Kier molecular flexibility index (Phi) is 4.99. The fourth-order valence-corrected chi connectivity index (χ4v) is 3.32. The minimum Gasteiger partial charge on any atom is -0.461 e. The van der Waals surface area contributed by atoms with Crippen molar-refractivity contribution < 1.29 is 9.53 Å². The molecule has 0 bridgehead atoms. The van der Waals surface area contributed by atoms with Gasteiger partial charge in [0.1, 0.15) is 0 Å². The number of piperidine rings is 1. The highest BCUT2D eigenvalue weighted by molar-refractivity contribution is 7.15. The molecule has 1 aromatic heterocycles. The van der Waals surface area contributed by atoms with Crippen LogP contribution < -0.4 is 5.32 Å². The molecule has 5 nitrogen and oxygen atoms in total. The van der Waals surface area contributed by atoms with Gasteiger partial charge in [-0.1, -0.05) is 0 Å². The van der Waals surface area contributed by atoms with Crippen molar-refractivity contribution in [3.8, 4) is 0 Å². The number of hydrogen-bond donors (Lipinski definition) is 1. The van der Waals surface area contributed by atoms with Crippen LogP contribution in [-0.4, -0.2) is 48.1 Å². The SMILES string of the molecule is CCOC(=O)c1nc(NC2CCN(C)C(C)C2)sc1C. The van der Waals surface area contributed by atoms with E-state index in [-0.39, 0.29) is 5.97 Å². The zero-order valence-electron chi connectivity index (χ0n) is 12.6. The monoisotopic (exact) mass is 297 g/mol. The van der Waals surface area contributed by atoms with E-state index in [1.807, 2.05) is 6.92 Å². The van der Waals surface area contributed by atoms with Crippen LogP contribution in [0.3, 0.4) is 0 Å². The second-order valence-electron chi connectivity index (χ2n) is 5.34. The Morgan fingerprint density at radius 3 is 3.00 bits per heavy atom. The summed E-state index contributed by atoms with van der Waals surface area (Å²) in [5.41, 5.74) is 0.445. The third-order valence-corrected chi connectivity index (χ3v) is 4.70. The predicted octanol–water partition coefficient (Wildman–Crippen LogP) is 2.52. The third-order valence-electron chi connectivity index (χ3n) is 3.80. The predicted molar refractivity (Wildman–Crippen MR) is 81.5 cm³/mol. The molecule has 0 amide bonds. The summed E-state index contributed by atoms with van der Waals surface area (Å²) < 4.78 is 5.01. The number of aryl methyl sites for hydroxylation is 1. The second-order valence-corrected chi connectivity index (χ2v) is 6.54. The van der Waals surface area contributed by atoms with Gasteiger partial charge in [0.25, 0.3) is 0 Å². The van der Waals surface area contributed by atoms with Crippen molar-refractivity contribution in [2.24, 2.45) is 0 Å². The third kappa shape index (κ3) is 3.49. The maximum Gasteiger partial charge on any atom is 0.358 e. The van der Waals surface area contributed by atoms with E-state index < -0.39 is 0 Å². The lowest BCUT2D eigenvalue weighted by atomic mass is 9.99. The summed E-state index contributed by atoms with van der Waals surface area (Å²) in [6.07, 6.45) is 2.21. The summed E-state index contributed by atoms with van der Waals surface area (Å²) in [5.74, 6) is -0.328. The summed E-state index contributed by atoms with van der Waals surface area (Å²) in [5, 5.41) is 4.29. The topological polar surface area (TPSA) is 54.5 Å². The van der Waals surface area contributed by atoms with E-state index in [1.54, 1.807) is 6.92 Å². The molecule has 1 N–H and O–H groups in total. The number of nitrogens with zero attached hydrogens (tertiary/aromatic N) is 2. The molecule has 0 radical (unpaired) electrons. The highest BCUT2D eigenvalue weighted by Crippen LogP contribution is 2.26. The molecule has 1 aliphatic heterocycles. The van der Waals surface area contributed by atoms with Crippen molar-refractivity contribution in [1.82, 2.24) is 9.88 Å². The molecule has 1 saturated heterocycles. The largest absolute Gasteiger partial charge is 0.461 e. The Labute approximate surface area is 124 Å². The molecule has 1 aromatic rings. The van der Waals surface area contributed by atoms with Gasteiger partial charge in [0, 0.05) is 23.5 Å². The van der Waals surface area contributed by atoms with Gasteiger partial charge in [-0.15, -0.1) is 11.3 Å². The first kappa shape index (κ1) is 15.3. The standard InChI is InChI=1S/C14H23N3O2S/c1-5-19-13(18)12-10(3)20-14(16-12)15-11-6-7-17(4)9(2)8-11/h9,11H,5-8H2,1-4H3,(H,15,16). The van der Waals surface area contributed by atoms with E-state index in [0.717, 1.165) is 29.4 Å². The van der Waals surface area contributed by atoms with Crippen LogP contribution in [-0.2, 0) is 4.74 Å². The first-order valence-electron chi connectivity index (χ1n) is 7.12. The molecule has 2 rings (SSSR count). The molecular weight excluding hydrogens is 274 g/mol. The molecule has 2 heterocycles. The number of carbonyl (C=O) groups is 1. The average molecular weight is 297 g/mol. The van der Waals surface area contributed by atoms with Crippen LogP contribution in [0.25, 0.3) is 0 Å². The van der Waals surface area contributed by atoms with Crippen LogP contribution in [0.15, 0.2) is 0 Å². The highest BCUT2D eigenvalue weighted by Gasteiger charge is 2.24. The van der Waals surface area contributed by atoms with Gasteiger partial charge >= 0.3 is 5.97 Å². The van der Waals surface area contributed by atoms with E-state index in [1.165, 1.54) is 11.3 Å². The van der Waals surface area contributed by atoms with Crippen molar-refractivity contribution in [2.45, 2.75) is 45.7 Å². The zero-order valence-corrected chi connectivity index (χ0v) is 13.4. The van der Waals surface area contributed by atoms with E-state index in [4.69, 9.17) is 4.74 Å². The van der Waals surface area contributed by atoms with E-state index in [0.29, 0.717) is 24.4 Å². The Morgan fingerprint density at radius 2 is 2.35 bits per heavy atom. The van der Waals surface area contributed by atoms with Crippen molar-refractivity contribution in [2.75, 3.05) is 25.5 Å². The normalized spacial score (nSPS) is 23.6. The second kappa shape index (κ2) is 6.54. The van der Waals surface area contributed by atoms with E-state index in [9.17, 15) is 4.79 Å². The number of carbonyl (C=O) groups excluding carboxylic acids is 1. The lowest BCUT2D eigenvalue weighted by Gasteiger charge is -2.35. The number of esters is 1. The summed E-state index contributed by atoms with van der Waals surface area (Å²) >= 11 is 1.53. The minimum absolute atomic E-state index is 0.328. The van der Waals surface area contributed by atoms with Crippen molar-refractivity contribution in [3.63, 3.8) is 0 Å². The van der Waals surface area contributed by atoms with Gasteiger partial charge in [0.2, 0.25) is 0 Å². The number of aromatic nitrogens is 1. The van der Waals surface area contributed by atoms with Crippen LogP contribution >= 0.6 is 11.3 Å². The van der Waals surface area contributed by atoms with E-state index >= 15 is 0 Å². The molecule has 0 aromatic carbocycles. The lowest BCUT2D eigenvalue weighted by Crippen LogP contribution is -2.42. The molecular formula is C14H23N3O2S. The highest BCUT2D eigenvalue weighted by atomic mass is 32.1.